The van der Waals surface area contributed by atoms with Crippen molar-refractivity contribution in [1.82, 2.24) is 19.9 Å². The Labute approximate surface area is 155 Å². The lowest BCUT2D eigenvalue weighted by molar-refractivity contribution is 0.0950. The Balaban J connectivity index is 1.55. The Morgan fingerprint density at radius 2 is 1.70 bits per heavy atom. The highest BCUT2D eigenvalue weighted by Crippen LogP contribution is 2.11. The van der Waals surface area contributed by atoms with Gasteiger partial charge in [0.25, 0.3) is 11.5 Å². The zero-order valence-electron chi connectivity index (χ0n) is 14.4. The molecule has 0 radical (unpaired) electrons. The van der Waals surface area contributed by atoms with E-state index in [1.54, 1.807) is 42.6 Å². The number of nitrogens with one attached hydrogen (secondary N) is 1. The highest BCUT2D eigenvalue weighted by Gasteiger charge is 2.08. The molecule has 0 fully saturated rings. The molecule has 6 heteroatoms. The zero-order chi connectivity index (χ0) is 18.6. The first-order valence-corrected chi connectivity index (χ1v) is 8.47. The number of fused-ring (bicyclic) bond motifs is 1. The van der Waals surface area contributed by atoms with E-state index >= 15 is 0 Å². The molecule has 0 atom stereocenters. The van der Waals surface area contributed by atoms with Crippen LogP contribution in [0.1, 0.15) is 16.1 Å². The second kappa shape index (κ2) is 7.21. The van der Waals surface area contributed by atoms with Gasteiger partial charge in [-0.2, -0.15) is 0 Å². The van der Waals surface area contributed by atoms with Crippen molar-refractivity contribution in [3.8, 4) is 5.69 Å². The highest BCUT2D eigenvalue weighted by atomic mass is 16.1. The summed E-state index contributed by atoms with van der Waals surface area (Å²) in [7, 11) is 0. The van der Waals surface area contributed by atoms with Crippen LogP contribution in [0.25, 0.3) is 16.6 Å². The first-order chi connectivity index (χ1) is 13.2. The van der Waals surface area contributed by atoms with Gasteiger partial charge in [-0.25, -0.2) is 4.98 Å². The normalized spacial score (nSPS) is 10.7. The molecular weight excluding hydrogens is 340 g/mol. The van der Waals surface area contributed by atoms with Crippen molar-refractivity contribution in [1.29, 1.82) is 0 Å². The minimum atomic E-state index is -0.198. The minimum Gasteiger partial charge on any atom is -0.346 e. The molecule has 2 aromatic carbocycles. The van der Waals surface area contributed by atoms with Gasteiger partial charge >= 0.3 is 0 Å². The van der Waals surface area contributed by atoms with Crippen LogP contribution in [0.2, 0.25) is 0 Å². The van der Waals surface area contributed by atoms with E-state index in [2.05, 4.69) is 15.3 Å². The summed E-state index contributed by atoms with van der Waals surface area (Å²) >= 11 is 0. The third-order valence-electron chi connectivity index (χ3n) is 4.23. The topological polar surface area (TPSA) is 76.9 Å². The van der Waals surface area contributed by atoms with Crippen molar-refractivity contribution in [3.05, 3.63) is 101 Å². The quantitative estimate of drug-likeness (QED) is 0.610. The molecule has 0 saturated carbocycles. The van der Waals surface area contributed by atoms with Crippen molar-refractivity contribution >= 4 is 16.8 Å². The molecule has 1 N–H and O–H groups in total. The number of amides is 1. The molecule has 0 saturated heterocycles. The molecule has 27 heavy (non-hydrogen) atoms. The van der Waals surface area contributed by atoms with Gasteiger partial charge in [0.05, 0.1) is 28.8 Å². The second-order valence-electron chi connectivity index (χ2n) is 5.99. The van der Waals surface area contributed by atoms with Gasteiger partial charge in [0, 0.05) is 11.8 Å². The number of carbonyl (C=O) groups excluding carboxylic acids is 1. The van der Waals surface area contributed by atoms with Crippen molar-refractivity contribution in [2.45, 2.75) is 6.54 Å². The number of pyridine rings is 1. The Morgan fingerprint density at radius 1 is 0.926 bits per heavy atom. The average Bonchev–Trinajstić information content (AvgIpc) is 2.73. The van der Waals surface area contributed by atoms with Crippen LogP contribution in [0.15, 0.2) is 84.0 Å². The van der Waals surface area contributed by atoms with Gasteiger partial charge in [0.1, 0.15) is 6.33 Å². The molecule has 0 unspecified atom stereocenters. The van der Waals surface area contributed by atoms with Gasteiger partial charge < -0.3 is 5.32 Å². The van der Waals surface area contributed by atoms with E-state index in [0.717, 1.165) is 5.69 Å². The molecule has 0 spiro atoms. The molecule has 132 valence electrons. The zero-order valence-corrected chi connectivity index (χ0v) is 14.4. The maximum Gasteiger partial charge on any atom is 0.265 e. The maximum absolute atomic E-state index is 12.6. The smallest absolute Gasteiger partial charge is 0.265 e. The van der Waals surface area contributed by atoms with Gasteiger partial charge in [0.15, 0.2) is 0 Å². The molecule has 6 nitrogen and oxygen atoms in total. The standard InChI is InChI=1S/C21H16N4O2/c26-20(23-13-16-5-3-4-12-22-16)15-8-10-17(11-9-15)25-14-24-19-7-2-1-6-18(19)21(25)27/h1-12,14H,13H2,(H,23,26). The Morgan fingerprint density at radius 3 is 2.48 bits per heavy atom. The summed E-state index contributed by atoms with van der Waals surface area (Å²) in [5.74, 6) is -0.198. The van der Waals surface area contributed by atoms with Gasteiger partial charge in [-0.1, -0.05) is 18.2 Å². The Kier molecular flexibility index (Phi) is 4.45. The monoisotopic (exact) mass is 356 g/mol. The number of rotatable bonds is 4. The average molecular weight is 356 g/mol. The van der Waals surface area contributed by atoms with Crippen molar-refractivity contribution in [2.24, 2.45) is 0 Å². The number of hydrogen-bond donors (Lipinski definition) is 1. The van der Waals surface area contributed by atoms with Crippen LogP contribution in [0.5, 0.6) is 0 Å². The van der Waals surface area contributed by atoms with Crippen molar-refractivity contribution in [2.75, 3.05) is 0 Å². The molecule has 0 aliphatic carbocycles. The molecule has 2 aromatic heterocycles. The van der Waals surface area contributed by atoms with Crippen molar-refractivity contribution in [3.63, 3.8) is 0 Å². The largest absolute Gasteiger partial charge is 0.346 e. The lowest BCUT2D eigenvalue weighted by Crippen LogP contribution is -2.23. The van der Waals surface area contributed by atoms with Gasteiger partial charge in [-0.05, 0) is 48.5 Å². The van der Waals surface area contributed by atoms with E-state index in [4.69, 9.17) is 0 Å². The van der Waals surface area contributed by atoms with E-state index < -0.39 is 0 Å². The molecule has 2 heterocycles. The third-order valence-corrected chi connectivity index (χ3v) is 4.23. The predicted octanol–water partition coefficient (Wildman–Crippen LogP) is 2.71. The van der Waals surface area contributed by atoms with E-state index in [0.29, 0.717) is 28.7 Å². The first-order valence-electron chi connectivity index (χ1n) is 8.47. The Bertz CT molecular complexity index is 1150. The van der Waals surface area contributed by atoms with Gasteiger partial charge in [-0.15, -0.1) is 0 Å². The fourth-order valence-electron chi connectivity index (χ4n) is 2.80. The van der Waals surface area contributed by atoms with Gasteiger partial charge in [0.2, 0.25) is 0 Å². The van der Waals surface area contributed by atoms with Crippen molar-refractivity contribution < 1.29 is 4.79 Å². The van der Waals surface area contributed by atoms with Crippen LogP contribution in [-0.4, -0.2) is 20.4 Å². The summed E-state index contributed by atoms with van der Waals surface area (Å²) in [4.78, 5) is 33.4. The van der Waals surface area contributed by atoms with Crippen LogP contribution < -0.4 is 10.9 Å². The number of hydrogen-bond acceptors (Lipinski definition) is 4. The molecule has 0 aliphatic rings. The lowest BCUT2D eigenvalue weighted by atomic mass is 10.2. The number of carbonyl (C=O) groups is 1. The second-order valence-corrected chi connectivity index (χ2v) is 5.99. The SMILES string of the molecule is O=C(NCc1ccccn1)c1ccc(-n2cnc3ccccc3c2=O)cc1. The molecule has 0 aliphatic heterocycles. The van der Waals surface area contributed by atoms with Crippen LogP contribution in [0, 0.1) is 0 Å². The van der Waals surface area contributed by atoms with E-state index in [1.165, 1.54) is 10.9 Å². The lowest BCUT2D eigenvalue weighted by Gasteiger charge is -2.08. The summed E-state index contributed by atoms with van der Waals surface area (Å²) in [5, 5.41) is 3.38. The van der Waals surface area contributed by atoms with Crippen LogP contribution in [0.3, 0.4) is 0 Å². The first kappa shape index (κ1) is 16.7. The van der Waals surface area contributed by atoms with Crippen LogP contribution in [0.4, 0.5) is 0 Å². The Hall–Kier alpha value is -3.80. The number of para-hydroxylation sites is 1. The molecule has 4 rings (SSSR count). The molecule has 4 aromatic rings. The number of benzene rings is 2. The third kappa shape index (κ3) is 3.46. The number of aromatic nitrogens is 3. The van der Waals surface area contributed by atoms with Crippen LogP contribution >= 0.6 is 0 Å². The van der Waals surface area contributed by atoms with E-state index in [9.17, 15) is 9.59 Å². The van der Waals surface area contributed by atoms with Gasteiger partial charge in [-0.3, -0.25) is 19.1 Å². The molecular formula is C21H16N4O2. The summed E-state index contributed by atoms with van der Waals surface area (Å²) in [6.45, 7) is 0.357. The molecule has 0 bridgehead atoms. The summed E-state index contributed by atoms with van der Waals surface area (Å²) < 4.78 is 1.47. The fraction of sp³-hybridized carbons (Fsp3) is 0.0476. The molecule has 1 amide bonds. The summed E-state index contributed by atoms with van der Waals surface area (Å²) in [5.41, 5.74) is 2.46. The maximum atomic E-state index is 12.6. The summed E-state index contributed by atoms with van der Waals surface area (Å²) in [6.07, 6.45) is 3.19. The van der Waals surface area contributed by atoms with E-state index in [-0.39, 0.29) is 11.5 Å². The van der Waals surface area contributed by atoms with E-state index in [1.807, 2.05) is 30.3 Å². The van der Waals surface area contributed by atoms with Crippen LogP contribution in [-0.2, 0) is 6.54 Å². The fourth-order valence-corrected chi connectivity index (χ4v) is 2.80. The summed E-state index contributed by atoms with van der Waals surface area (Å²) in [6, 6.07) is 19.6. The highest BCUT2D eigenvalue weighted by molar-refractivity contribution is 5.94. The minimum absolute atomic E-state index is 0.145. The predicted molar refractivity (Wildman–Crippen MR) is 103 cm³/mol. The number of nitrogens with zero attached hydrogens (tertiary/aromatic N) is 3.